The summed E-state index contributed by atoms with van der Waals surface area (Å²) in [5.74, 6) is 0.952. The van der Waals surface area contributed by atoms with Crippen LogP contribution >= 0.6 is 0 Å². The molecule has 2 aromatic carbocycles. The van der Waals surface area contributed by atoms with E-state index in [0.717, 1.165) is 11.4 Å². The first-order valence-electron chi connectivity index (χ1n) is 8.15. The van der Waals surface area contributed by atoms with Crippen molar-refractivity contribution in [3.05, 3.63) is 42.5 Å². The Kier molecular flexibility index (Phi) is 6.84. The lowest BCUT2D eigenvalue weighted by molar-refractivity contribution is -0.116. The van der Waals surface area contributed by atoms with Crippen LogP contribution in [0.2, 0.25) is 0 Å². The average molecular weight is 357 g/mol. The number of carbonyl (C=O) groups is 2. The summed E-state index contributed by atoms with van der Waals surface area (Å²) in [5.41, 5.74) is 2.16. The Morgan fingerprint density at radius 2 is 1.62 bits per heavy atom. The van der Waals surface area contributed by atoms with E-state index in [-0.39, 0.29) is 18.2 Å². The molecular weight excluding hydrogens is 334 g/mol. The zero-order chi connectivity index (χ0) is 18.9. The fraction of sp³-hybridized carbons (Fsp3) is 0.263. The molecule has 0 aliphatic heterocycles. The first-order valence-corrected chi connectivity index (χ1v) is 8.15. The number of methoxy groups -OCH3 is 2. The lowest BCUT2D eigenvalue weighted by Gasteiger charge is -2.12. The quantitative estimate of drug-likeness (QED) is 0.676. The van der Waals surface area contributed by atoms with Gasteiger partial charge in [0.2, 0.25) is 11.8 Å². The maximum Gasteiger partial charge on any atom is 0.226 e. The lowest BCUT2D eigenvalue weighted by Crippen LogP contribution is -2.16. The van der Waals surface area contributed by atoms with Crippen molar-refractivity contribution in [2.24, 2.45) is 0 Å². The predicted molar refractivity (Wildman–Crippen MR) is 102 cm³/mol. The standard InChI is InChI=1S/C19H23N3O4/c1-13(23)21-15-6-4-14(5-7-15)20-11-10-19(24)22-17-12-16(25-2)8-9-18(17)26-3/h4-9,12,20H,10-11H2,1-3H3,(H,21,23)(H,22,24). The summed E-state index contributed by atoms with van der Waals surface area (Å²) < 4.78 is 10.4. The molecule has 2 amide bonds. The highest BCUT2D eigenvalue weighted by Crippen LogP contribution is 2.28. The first-order chi connectivity index (χ1) is 12.5. The van der Waals surface area contributed by atoms with Gasteiger partial charge in [0, 0.05) is 37.3 Å². The molecule has 7 heteroatoms. The van der Waals surface area contributed by atoms with Crippen LogP contribution in [0.3, 0.4) is 0 Å². The van der Waals surface area contributed by atoms with E-state index in [2.05, 4.69) is 16.0 Å². The minimum absolute atomic E-state index is 0.115. The van der Waals surface area contributed by atoms with Gasteiger partial charge in [0.25, 0.3) is 0 Å². The fourth-order valence-corrected chi connectivity index (χ4v) is 2.32. The molecule has 3 N–H and O–H groups in total. The van der Waals surface area contributed by atoms with Gasteiger partial charge in [-0.15, -0.1) is 0 Å². The van der Waals surface area contributed by atoms with Gasteiger partial charge >= 0.3 is 0 Å². The third-order valence-corrected chi connectivity index (χ3v) is 3.57. The average Bonchev–Trinajstić information content (AvgIpc) is 2.62. The van der Waals surface area contributed by atoms with E-state index in [1.807, 2.05) is 12.1 Å². The molecule has 2 aromatic rings. The maximum absolute atomic E-state index is 12.2. The molecule has 0 aromatic heterocycles. The minimum Gasteiger partial charge on any atom is -0.497 e. The van der Waals surface area contributed by atoms with Crippen LogP contribution in [-0.4, -0.2) is 32.6 Å². The molecular formula is C19H23N3O4. The predicted octanol–water partition coefficient (Wildman–Crippen LogP) is 3.10. The summed E-state index contributed by atoms with van der Waals surface area (Å²) in [4.78, 5) is 23.1. The van der Waals surface area contributed by atoms with Crippen molar-refractivity contribution in [1.29, 1.82) is 0 Å². The molecule has 138 valence electrons. The number of benzene rings is 2. The van der Waals surface area contributed by atoms with Gasteiger partial charge in [0.1, 0.15) is 11.5 Å². The Balaban J connectivity index is 1.84. The Morgan fingerprint density at radius 3 is 2.23 bits per heavy atom. The molecule has 0 bridgehead atoms. The summed E-state index contributed by atoms with van der Waals surface area (Å²) in [5, 5.41) is 8.69. The number of ether oxygens (including phenoxy) is 2. The van der Waals surface area contributed by atoms with Crippen molar-refractivity contribution in [2.45, 2.75) is 13.3 Å². The number of carbonyl (C=O) groups excluding carboxylic acids is 2. The Hall–Kier alpha value is -3.22. The zero-order valence-electron chi connectivity index (χ0n) is 15.1. The highest BCUT2D eigenvalue weighted by atomic mass is 16.5. The van der Waals surface area contributed by atoms with Crippen molar-refractivity contribution < 1.29 is 19.1 Å². The van der Waals surface area contributed by atoms with Crippen molar-refractivity contribution in [3.63, 3.8) is 0 Å². The summed E-state index contributed by atoms with van der Waals surface area (Å²) in [6, 6.07) is 12.5. The number of hydrogen-bond acceptors (Lipinski definition) is 5. The van der Waals surface area contributed by atoms with E-state index in [4.69, 9.17) is 9.47 Å². The SMILES string of the molecule is COc1ccc(OC)c(NC(=O)CCNc2ccc(NC(C)=O)cc2)c1. The number of hydrogen-bond donors (Lipinski definition) is 3. The van der Waals surface area contributed by atoms with Gasteiger partial charge < -0.3 is 25.4 Å². The molecule has 26 heavy (non-hydrogen) atoms. The second-order valence-electron chi connectivity index (χ2n) is 5.55. The molecule has 0 saturated heterocycles. The third-order valence-electron chi connectivity index (χ3n) is 3.57. The molecule has 0 heterocycles. The van der Waals surface area contributed by atoms with Crippen LogP contribution < -0.4 is 25.4 Å². The molecule has 0 unspecified atom stereocenters. The third kappa shape index (κ3) is 5.70. The second kappa shape index (κ2) is 9.31. The zero-order valence-corrected chi connectivity index (χ0v) is 15.1. The second-order valence-corrected chi connectivity index (χ2v) is 5.55. The van der Waals surface area contributed by atoms with Gasteiger partial charge in [-0.2, -0.15) is 0 Å². The molecule has 0 spiro atoms. The van der Waals surface area contributed by atoms with Gasteiger partial charge in [-0.05, 0) is 36.4 Å². The summed E-state index contributed by atoms with van der Waals surface area (Å²) >= 11 is 0. The van der Waals surface area contributed by atoms with Crippen LogP contribution in [0.1, 0.15) is 13.3 Å². The number of amides is 2. The van der Waals surface area contributed by atoms with Gasteiger partial charge in [0.15, 0.2) is 0 Å². The Labute approximate surface area is 152 Å². The normalized spacial score (nSPS) is 9.96. The van der Waals surface area contributed by atoms with E-state index < -0.39 is 0 Å². The van der Waals surface area contributed by atoms with Crippen LogP contribution in [0.5, 0.6) is 11.5 Å². The van der Waals surface area contributed by atoms with E-state index >= 15 is 0 Å². The summed E-state index contributed by atoms with van der Waals surface area (Å²) in [6.07, 6.45) is 0.286. The number of nitrogens with one attached hydrogen (secondary N) is 3. The van der Waals surface area contributed by atoms with Crippen molar-refractivity contribution in [2.75, 3.05) is 36.7 Å². The van der Waals surface area contributed by atoms with Crippen LogP contribution in [-0.2, 0) is 9.59 Å². The molecule has 0 aliphatic rings. The number of anilines is 3. The maximum atomic E-state index is 12.2. The van der Waals surface area contributed by atoms with Crippen molar-refractivity contribution >= 4 is 28.9 Å². The highest BCUT2D eigenvalue weighted by Gasteiger charge is 2.09. The Bertz CT molecular complexity index is 760. The lowest BCUT2D eigenvalue weighted by atomic mass is 10.2. The van der Waals surface area contributed by atoms with Crippen LogP contribution in [0, 0.1) is 0 Å². The molecule has 0 saturated carbocycles. The molecule has 0 radical (unpaired) electrons. The Morgan fingerprint density at radius 1 is 0.923 bits per heavy atom. The van der Waals surface area contributed by atoms with E-state index in [0.29, 0.717) is 23.7 Å². The van der Waals surface area contributed by atoms with Gasteiger partial charge in [0.05, 0.1) is 19.9 Å². The van der Waals surface area contributed by atoms with E-state index in [9.17, 15) is 9.59 Å². The van der Waals surface area contributed by atoms with Crippen LogP contribution in [0.15, 0.2) is 42.5 Å². The first kappa shape index (κ1) is 19.1. The molecule has 7 nitrogen and oxygen atoms in total. The smallest absolute Gasteiger partial charge is 0.226 e. The molecule has 0 fully saturated rings. The minimum atomic E-state index is -0.140. The van der Waals surface area contributed by atoms with Crippen molar-refractivity contribution in [1.82, 2.24) is 0 Å². The van der Waals surface area contributed by atoms with Crippen molar-refractivity contribution in [3.8, 4) is 11.5 Å². The van der Waals surface area contributed by atoms with Crippen LogP contribution in [0.25, 0.3) is 0 Å². The molecule has 0 aliphatic carbocycles. The molecule has 2 rings (SSSR count). The highest BCUT2D eigenvalue weighted by molar-refractivity contribution is 5.93. The number of rotatable bonds is 8. The van der Waals surface area contributed by atoms with E-state index in [1.165, 1.54) is 6.92 Å². The van der Waals surface area contributed by atoms with Crippen LogP contribution in [0.4, 0.5) is 17.1 Å². The summed E-state index contributed by atoms with van der Waals surface area (Å²) in [7, 11) is 3.11. The molecule has 0 atom stereocenters. The van der Waals surface area contributed by atoms with E-state index in [1.54, 1.807) is 44.6 Å². The van der Waals surface area contributed by atoms with Gasteiger partial charge in [-0.3, -0.25) is 9.59 Å². The fourth-order valence-electron chi connectivity index (χ4n) is 2.32. The van der Waals surface area contributed by atoms with Gasteiger partial charge in [-0.1, -0.05) is 0 Å². The summed E-state index contributed by atoms with van der Waals surface area (Å²) in [6.45, 7) is 1.93. The van der Waals surface area contributed by atoms with Gasteiger partial charge in [-0.25, -0.2) is 0 Å². The largest absolute Gasteiger partial charge is 0.497 e. The monoisotopic (exact) mass is 357 g/mol. The topological polar surface area (TPSA) is 88.7 Å².